The molecule has 8 aromatic carbocycles. The molecule has 0 spiro atoms. The first-order valence-corrected chi connectivity index (χ1v) is 11.9. The summed E-state index contributed by atoms with van der Waals surface area (Å²) < 4.78 is 0. The predicted molar refractivity (Wildman–Crippen MR) is 148 cm³/mol. The van der Waals surface area contributed by atoms with E-state index in [1.54, 1.807) is 0 Å². The van der Waals surface area contributed by atoms with Crippen LogP contribution in [0, 0.1) is 0 Å². The lowest BCUT2D eigenvalue weighted by atomic mass is 9.84. The van der Waals surface area contributed by atoms with Gasteiger partial charge in [-0.05, 0) is 81.8 Å². The number of benzene rings is 8. The summed E-state index contributed by atoms with van der Waals surface area (Å²) in [6.07, 6.45) is 0. The molecular formula is C34H20. The second-order valence-corrected chi connectivity index (χ2v) is 9.29. The summed E-state index contributed by atoms with van der Waals surface area (Å²) in [6, 6.07) is 44.8. The predicted octanol–water partition coefficient (Wildman–Crippen LogP) is 9.71. The molecule has 0 unspecified atom stereocenters. The van der Waals surface area contributed by atoms with E-state index in [1.165, 1.54) is 75.8 Å². The second kappa shape index (κ2) is 6.56. The van der Waals surface area contributed by atoms with E-state index < -0.39 is 0 Å². The van der Waals surface area contributed by atoms with Crippen molar-refractivity contribution < 1.29 is 0 Å². The van der Waals surface area contributed by atoms with Crippen LogP contribution in [-0.2, 0) is 0 Å². The quantitative estimate of drug-likeness (QED) is 0.180. The first-order valence-electron chi connectivity index (χ1n) is 11.9. The van der Waals surface area contributed by atoms with Gasteiger partial charge < -0.3 is 0 Å². The third-order valence-corrected chi connectivity index (χ3v) is 7.55. The van der Waals surface area contributed by atoms with Crippen molar-refractivity contribution in [1.82, 2.24) is 0 Å². The summed E-state index contributed by atoms with van der Waals surface area (Å²) in [5.41, 5.74) is 2.61. The van der Waals surface area contributed by atoms with Gasteiger partial charge in [0.2, 0.25) is 0 Å². The average Bonchev–Trinajstić information content (AvgIpc) is 2.90. The molecule has 0 saturated heterocycles. The van der Waals surface area contributed by atoms with Crippen LogP contribution < -0.4 is 0 Å². The van der Waals surface area contributed by atoms with Crippen molar-refractivity contribution in [1.29, 1.82) is 0 Å². The van der Waals surface area contributed by atoms with Gasteiger partial charge in [0.1, 0.15) is 0 Å². The molecule has 0 radical (unpaired) electrons. The average molecular weight is 429 g/mol. The molecule has 0 aliphatic rings. The molecule has 156 valence electrons. The van der Waals surface area contributed by atoms with E-state index in [1.807, 2.05) is 0 Å². The third-order valence-electron chi connectivity index (χ3n) is 7.55. The Balaban J connectivity index is 1.70. The second-order valence-electron chi connectivity index (χ2n) is 9.29. The van der Waals surface area contributed by atoms with Crippen molar-refractivity contribution in [2.45, 2.75) is 0 Å². The molecule has 0 aromatic heterocycles. The fourth-order valence-corrected chi connectivity index (χ4v) is 6.16. The Morgan fingerprint density at radius 1 is 0.265 bits per heavy atom. The van der Waals surface area contributed by atoms with Crippen LogP contribution in [0.3, 0.4) is 0 Å². The zero-order valence-corrected chi connectivity index (χ0v) is 18.5. The zero-order valence-electron chi connectivity index (χ0n) is 18.5. The smallest absolute Gasteiger partial charge is 0.00139 e. The summed E-state index contributed by atoms with van der Waals surface area (Å²) in [7, 11) is 0. The van der Waals surface area contributed by atoms with Crippen LogP contribution >= 0.6 is 0 Å². The Hall–Kier alpha value is -4.42. The number of rotatable bonds is 1. The van der Waals surface area contributed by atoms with Crippen LogP contribution in [0.1, 0.15) is 0 Å². The van der Waals surface area contributed by atoms with E-state index in [9.17, 15) is 0 Å². The molecule has 0 amide bonds. The van der Waals surface area contributed by atoms with E-state index in [-0.39, 0.29) is 0 Å². The molecule has 0 aliphatic heterocycles. The SMILES string of the molecule is c1ccc2c(-c3ccc4cccc5c4c3c3cccc4cc6ccccc6c5c43)cccc2c1. The Morgan fingerprint density at radius 2 is 0.853 bits per heavy atom. The summed E-state index contributed by atoms with van der Waals surface area (Å²) in [5.74, 6) is 0. The van der Waals surface area contributed by atoms with Crippen molar-refractivity contribution in [3.8, 4) is 11.1 Å². The molecule has 0 heterocycles. The fraction of sp³-hybridized carbons (Fsp3) is 0. The Labute approximate surface area is 197 Å². The minimum absolute atomic E-state index is 1.28. The summed E-state index contributed by atoms with van der Waals surface area (Å²) >= 11 is 0. The van der Waals surface area contributed by atoms with Gasteiger partial charge in [-0.25, -0.2) is 0 Å². The Bertz CT molecular complexity index is 2050. The minimum atomic E-state index is 1.28. The Morgan fingerprint density at radius 3 is 1.74 bits per heavy atom. The molecule has 0 N–H and O–H groups in total. The molecule has 0 bridgehead atoms. The van der Waals surface area contributed by atoms with Crippen LogP contribution in [0.4, 0.5) is 0 Å². The largest absolute Gasteiger partial charge is 0.0616 e. The molecule has 0 nitrogen and oxygen atoms in total. The lowest BCUT2D eigenvalue weighted by Gasteiger charge is -2.19. The molecule has 34 heavy (non-hydrogen) atoms. The van der Waals surface area contributed by atoms with Crippen molar-refractivity contribution >= 4 is 64.6 Å². The van der Waals surface area contributed by atoms with E-state index >= 15 is 0 Å². The maximum Gasteiger partial charge on any atom is -0.00139 e. The standard InChI is InChI=1S/C34H20/c1-3-13-25-21(8-1)10-5-15-27(25)28-19-18-22-11-6-16-29-31(22)34(28)30-17-7-12-24-20-23-9-2-4-14-26(23)33(29)32(24)30/h1-20H. The number of hydrogen-bond acceptors (Lipinski definition) is 0. The van der Waals surface area contributed by atoms with Crippen LogP contribution in [0.15, 0.2) is 121 Å². The van der Waals surface area contributed by atoms with Gasteiger partial charge in [0.15, 0.2) is 0 Å². The van der Waals surface area contributed by atoms with Gasteiger partial charge in [-0.3, -0.25) is 0 Å². The molecule has 0 atom stereocenters. The van der Waals surface area contributed by atoms with Crippen molar-refractivity contribution in [3.05, 3.63) is 121 Å². The maximum atomic E-state index is 2.35. The molecule has 8 rings (SSSR count). The van der Waals surface area contributed by atoms with Gasteiger partial charge in [-0.1, -0.05) is 115 Å². The van der Waals surface area contributed by atoms with E-state index in [0.717, 1.165) is 0 Å². The third kappa shape index (κ3) is 2.27. The van der Waals surface area contributed by atoms with Gasteiger partial charge in [-0.15, -0.1) is 0 Å². The fourth-order valence-electron chi connectivity index (χ4n) is 6.16. The van der Waals surface area contributed by atoms with Gasteiger partial charge in [0, 0.05) is 0 Å². The maximum absolute atomic E-state index is 2.35. The highest BCUT2D eigenvalue weighted by Gasteiger charge is 2.18. The van der Waals surface area contributed by atoms with Crippen molar-refractivity contribution in [2.24, 2.45) is 0 Å². The van der Waals surface area contributed by atoms with Crippen LogP contribution in [-0.4, -0.2) is 0 Å². The molecule has 0 saturated carbocycles. The van der Waals surface area contributed by atoms with Gasteiger partial charge in [0.25, 0.3) is 0 Å². The van der Waals surface area contributed by atoms with E-state index in [4.69, 9.17) is 0 Å². The summed E-state index contributed by atoms with van der Waals surface area (Å²) in [5, 5.41) is 16.0. The van der Waals surface area contributed by atoms with Gasteiger partial charge in [-0.2, -0.15) is 0 Å². The highest BCUT2D eigenvalue weighted by Crippen LogP contribution is 2.47. The topological polar surface area (TPSA) is 0 Å². The molecule has 8 aromatic rings. The summed E-state index contributed by atoms with van der Waals surface area (Å²) in [4.78, 5) is 0. The van der Waals surface area contributed by atoms with Crippen LogP contribution in [0.25, 0.3) is 75.8 Å². The number of hydrogen-bond donors (Lipinski definition) is 0. The highest BCUT2D eigenvalue weighted by atomic mass is 14.2. The molecule has 0 aliphatic carbocycles. The summed E-state index contributed by atoms with van der Waals surface area (Å²) in [6.45, 7) is 0. The number of fused-ring (bicyclic) bond motifs is 5. The molecular weight excluding hydrogens is 408 g/mol. The van der Waals surface area contributed by atoms with Crippen LogP contribution in [0.5, 0.6) is 0 Å². The minimum Gasteiger partial charge on any atom is -0.0616 e. The monoisotopic (exact) mass is 428 g/mol. The van der Waals surface area contributed by atoms with Gasteiger partial charge in [0.05, 0.1) is 0 Å². The zero-order chi connectivity index (χ0) is 22.2. The first kappa shape index (κ1) is 18.1. The normalized spacial score (nSPS) is 12.1. The van der Waals surface area contributed by atoms with Gasteiger partial charge >= 0.3 is 0 Å². The van der Waals surface area contributed by atoms with Crippen molar-refractivity contribution in [3.63, 3.8) is 0 Å². The molecule has 0 fully saturated rings. The first-order chi connectivity index (χ1) is 16.9. The van der Waals surface area contributed by atoms with Crippen LogP contribution in [0.2, 0.25) is 0 Å². The van der Waals surface area contributed by atoms with E-state index in [0.29, 0.717) is 0 Å². The Kier molecular flexibility index (Phi) is 3.48. The van der Waals surface area contributed by atoms with Crippen molar-refractivity contribution in [2.75, 3.05) is 0 Å². The lowest BCUT2D eigenvalue weighted by molar-refractivity contribution is 1.71. The van der Waals surface area contributed by atoms with E-state index in [2.05, 4.69) is 121 Å². The molecule has 0 heteroatoms. The highest BCUT2D eigenvalue weighted by molar-refractivity contribution is 6.40. The lowest BCUT2D eigenvalue weighted by Crippen LogP contribution is -1.91.